The quantitative estimate of drug-likeness (QED) is 0.573. The van der Waals surface area contributed by atoms with Gasteiger partial charge in [0, 0.05) is 12.0 Å². The molecule has 2 fully saturated rings. The molecule has 5 rings (SSSR count). The molecule has 0 spiro atoms. The highest BCUT2D eigenvalue weighted by molar-refractivity contribution is 5.83. The lowest BCUT2D eigenvalue weighted by Gasteiger charge is -2.27. The van der Waals surface area contributed by atoms with Gasteiger partial charge in [-0.3, -0.25) is 4.79 Å². The number of benzene rings is 2. The highest BCUT2D eigenvalue weighted by Gasteiger charge is 2.48. The minimum Gasteiger partial charge on any atom is -0.481 e. The number of rotatable bonds is 4. The molecule has 0 bridgehead atoms. The van der Waals surface area contributed by atoms with Crippen LogP contribution in [0.3, 0.4) is 0 Å². The first kappa shape index (κ1) is 21.1. The lowest BCUT2D eigenvalue weighted by Crippen LogP contribution is -2.34. The SMILES string of the molecule is Cc1c(F)cccc1[C@]1(C(=O)O)CCC(c2ccc3cnn(C4CCCCO4)c3c2F)C1. The van der Waals surface area contributed by atoms with Gasteiger partial charge in [0.1, 0.15) is 11.3 Å². The van der Waals surface area contributed by atoms with E-state index in [0.717, 1.165) is 19.3 Å². The van der Waals surface area contributed by atoms with Gasteiger partial charge in [0.25, 0.3) is 0 Å². The third kappa shape index (κ3) is 3.22. The summed E-state index contributed by atoms with van der Waals surface area (Å²) in [5.74, 6) is -2.06. The Labute approximate surface area is 185 Å². The van der Waals surface area contributed by atoms with Gasteiger partial charge in [0.05, 0.1) is 11.6 Å². The van der Waals surface area contributed by atoms with Crippen LogP contribution in [0.15, 0.2) is 36.5 Å². The second-order valence-electron chi connectivity index (χ2n) is 9.06. The zero-order chi connectivity index (χ0) is 22.5. The summed E-state index contributed by atoms with van der Waals surface area (Å²) in [4.78, 5) is 12.4. The fraction of sp³-hybridized carbons (Fsp3) is 0.440. The van der Waals surface area contributed by atoms with Gasteiger partial charge in [-0.1, -0.05) is 24.3 Å². The van der Waals surface area contributed by atoms with E-state index in [2.05, 4.69) is 5.10 Å². The molecule has 2 heterocycles. The van der Waals surface area contributed by atoms with Crippen LogP contribution in [0.25, 0.3) is 10.9 Å². The first-order valence-corrected chi connectivity index (χ1v) is 11.2. The molecule has 0 amide bonds. The van der Waals surface area contributed by atoms with Crippen molar-refractivity contribution in [3.05, 3.63) is 64.9 Å². The average Bonchev–Trinajstić information content (AvgIpc) is 3.43. The zero-order valence-electron chi connectivity index (χ0n) is 18.0. The van der Waals surface area contributed by atoms with Crippen LogP contribution in [0.4, 0.5) is 8.78 Å². The number of fused-ring (bicyclic) bond motifs is 1. The number of hydrogen-bond acceptors (Lipinski definition) is 3. The molecule has 5 nitrogen and oxygen atoms in total. The Morgan fingerprint density at radius 1 is 1.22 bits per heavy atom. The van der Waals surface area contributed by atoms with Crippen molar-refractivity contribution in [2.75, 3.05) is 6.61 Å². The third-order valence-electron chi connectivity index (χ3n) is 7.30. The second kappa shape index (κ2) is 7.96. The van der Waals surface area contributed by atoms with E-state index in [0.29, 0.717) is 47.0 Å². The summed E-state index contributed by atoms with van der Waals surface area (Å²) in [5.41, 5.74) is 0.496. The third-order valence-corrected chi connectivity index (χ3v) is 7.30. The largest absolute Gasteiger partial charge is 0.481 e. The molecule has 7 heteroatoms. The van der Waals surface area contributed by atoms with Crippen molar-refractivity contribution < 1.29 is 23.4 Å². The van der Waals surface area contributed by atoms with E-state index in [4.69, 9.17) is 4.74 Å². The maximum absolute atomic E-state index is 15.8. The summed E-state index contributed by atoms with van der Waals surface area (Å²) in [7, 11) is 0. The topological polar surface area (TPSA) is 64.3 Å². The van der Waals surface area contributed by atoms with Gasteiger partial charge in [0.15, 0.2) is 12.0 Å². The number of carboxylic acid groups (broad SMARTS) is 1. The summed E-state index contributed by atoms with van der Waals surface area (Å²) in [6.07, 6.45) is 5.20. The van der Waals surface area contributed by atoms with Crippen molar-refractivity contribution in [2.24, 2.45) is 0 Å². The first-order valence-electron chi connectivity index (χ1n) is 11.2. The second-order valence-corrected chi connectivity index (χ2v) is 9.06. The summed E-state index contributed by atoms with van der Waals surface area (Å²) in [6.45, 7) is 2.24. The smallest absolute Gasteiger partial charge is 0.314 e. The van der Waals surface area contributed by atoms with E-state index in [9.17, 15) is 14.3 Å². The molecule has 3 aromatic rings. The Balaban J connectivity index is 1.54. The monoisotopic (exact) mass is 440 g/mol. The van der Waals surface area contributed by atoms with E-state index in [1.165, 1.54) is 6.07 Å². The number of ether oxygens (including phenoxy) is 1. The average molecular weight is 440 g/mol. The van der Waals surface area contributed by atoms with Crippen LogP contribution < -0.4 is 0 Å². The highest BCUT2D eigenvalue weighted by Crippen LogP contribution is 2.50. The van der Waals surface area contributed by atoms with E-state index in [1.807, 2.05) is 6.07 Å². The molecule has 1 saturated carbocycles. The number of carbonyl (C=O) groups is 1. The Morgan fingerprint density at radius 2 is 2.06 bits per heavy atom. The molecular weight excluding hydrogens is 414 g/mol. The van der Waals surface area contributed by atoms with Crippen molar-refractivity contribution in [2.45, 2.75) is 63.0 Å². The normalized spacial score (nSPS) is 26.0. The molecule has 3 atom stereocenters. The summed E-state index contributed by atoms with van der Waals surface area (Å²) >= 11 is 0. The lowest BCUT2D eigenvalue weighted by molar-refractivity contribution is -0.143. The van der Waals surface area contributed by atoms with Gasteiger partial charge >= 0.3 is 5.97 Å². The minimum atomic E-state index is -1.23. The highest BCUT2D eigenvalue weighted by atomic mass is 19.1. The Hall–Kier alpha value is -2.80. The molecule has 2 unspecified atom stereocenters. The molecule has 1 N–H and O–H groups in total. The number of nitrogens with zero attached hydrogens (tertiary/aromatic N) is 2. The predicted molar refractivity (Wildman–Crippen MR) is 116 cm³/mol. The van der Waals surface area contributed by atoms with Crippen molar-refractivity contribution in [1.82, 2.24) is 9.78 Å². The maximum atomic E-state index is 15.8. The van der Waals surface area contributed by atoms with Crippen molar-refractivity contribution in [3.8, 4) is 0 Å². The maximum Gasteiger partial charge on any atom is 0.314 e. The predicted octanol–water partition coefficient (Wildman–Crippen LogP) is 5.61. The molecule has 1 aliphatic heterocycles. The minimum absolute atomic E-state index is 0.225. The molecular formula is C25H26F2N2O3. The van der Waals surface area contributed by atoms with E-state index < -0.39 is 17.2 Å². The van der Waals surface area contributed by atoms with Crippen molar-refractivity contribution in [3.63, 3.8) is 0 Å². The fourth-order valence-corrected chi connectivity index (χ4v) is 5.56. The Kier molecular flexibility index (Phi) is 5.24. The standard InChI is InChI=1S/C25H26F2N2O3/c1-15-19(5-4-6-20(15)26)25(24(30)31)11-10-16(13-25)18-9-8-17-14-28-29(23(17)22(18)27)21-7-2-3-12-32-21/h4-6,8-9,14,16,21H,2-3,7,10-13H2,1H3,(H,30,31)/t16?,21?,25-/m0/s1. The van der Waals surface area contributed by atoms with Crippen LogP contribution in [0.1, 0.15) is 67.4 Å². The van der Waals surface area contributed by atoms with Crippen LogP contribution >= 0.6 is 0 Å². The van der Waals surface area contributed by atoms with E-state index in [-0.39, 0.29) is 24.4 Å². The van der Waals surface area contributed by atoms with Gasteiger partial charge in [0.2, 0.25) is 0 Å². The number of hydrogen-bond donors (Lipinski definition) is 1. The summed E-state index contributed by atoms with van der Waals surface area (Å²) in [6, 6.07) is 8.15. The van der Waals surface area contributed by atoms with Crippen LogP contribution in [0.2, 0.25) is 0 Å². The van der Waals surface area contributed by atoms with E-state index in [1.54, 1.807) is 36.0 Å². The Morgan fingerprint density at radius 3 is 2.81 bits per heavy atom. The molecule has 1 aliphatic carbocycles. The molecule has 1 aromatic heterocycles. The zero-order valence-corrected chi connectivity index (χ0v) is 18.0. The van der Waals surface area contributed by atoms with Crippen molar-refractivity contribution >= 4 is 16.9 Å². The molecule has 32 heavy (non-hydrogen) atoms. The van der Waals surface area contributed by atoms with E-state index >= 15 is 4.39 Å². The van der Waals surface area contributed by atoms with Gasteiger partial charge in [-0.15, -0.1) is 0 Å². The fourth-order valence-electron chi connectivity index (χ4n) is 5.56. The lowest BCUT2D eigenvalue weighted by atomic mass is 9.75. The van der Waals surface area contributed by atoms with Crippen LogP contribution in [-0.2, 0) is 14.9 Å². The van der Waals surface area contributed by atoms with Gasteiger partial charge in [-0.05, 0) is 74.1 Å². The molecule has 168 valence electrons. The number of aromatic nitrogens is 2. The molecule has 0 radical (unpaired) electrons. The number of carboxylic acids is 1. The van der Waals surface area contributed by atoms with Crippen LogP contribution in [0.5, 0.6) is 0 Å². The Bertz CT molecular complexity index is 1190. The summed E-state index contributed by atoms with van der Waals surface area (Å²) in [5, 5.41) is 15.3. The molecule has 2 aromatic carbocycles. The molecule has 2 aliphatic rings. The van der Waals surface area contributed by atoms with Gasteiger partial charge in [-0.25, -0.2) is 13.5 Å². The summed E-state index contributed by atoms with van der Waals surface area (Å²) < 4.78 is 37.5. The molecule has 1 saturated heterocycles. The van der Waals surface area contributed by atoms with Crippen LogP contribution in [0, 0.1) is 18.6 Å². The first-order chi connectivity index (χ1) is 15.4. The number of halogens is 2. The number of aliphatic carboxylic acids is 1. The van der Waals surface area contributed by atoms with Gasteiger partial charge < -0.3 is 9.84 Å². The van der Waals surface area contributed by atoms with Gasteiger partial charge in [-0.2, -0.15) is 5.10 Å². The van der Waals surface area contributed by atoms with Crippen LogP contribution in [-0.4, -0.2) is 27.5 Å². The van der Waals surface area contributed by atoms with Crippen molar-refractivity contribution in [1.29, 1.82) is 0 Å².